The van der Waals surface area contributed by atoms with Crippen LogP contribution in [0.4, 0.5) is 10.1 Å². The molecule has 1 aliphatic rings. The van der Waals surface area contributed by atoms with Gasteiger partial charge < -0.3 is 9.42 Å². The second kappa shape index (κ2) is 7.64. The molecule has 0 bridgehead atoms. The van der Waals surface area contributed by atoms with Crippen molar-refractivity contribution in [2.45, 2.75) is 12.8 Å². The Bertz CT molecular complexity index is 890. The number of hydrogen-bond acceptors (Lipinski definition) is 4. The summed E-state index contributed by atoms with van der Waals surface area (Å²) < 4.78 is 18.4. The first-order valence-electron chi connectivity index (χ1n) is 8.96. The zero-order chi connectivity index (χ0) is 17.9. The normalized spacial score (nSPS) is 15.7. The van der Waals surface area contributed by atoms with E-state index in [1.54, 1.807) is 6.07 Å². The number of piperazine rings is 1. The topological polar surface area (TPSA) is 32.5 Å². The van der Waals surface area contributed by atoms with Gasteiger partial charge in [0.25, 0.3) is 0 Å². The number of fused-ring (bicyclic) bond motifs is 1. The number of benzene rings is 2. The van der Waals surface area contributed by atoms with Crippen LogP contribution in [0, 0.1) is 5.82 Å². The molecule has 1 fully saturated rings. The SMILES string of the molecule is Fc1ccc2c(CCCN3CCN(c4ccccc4Cl)CC3)noc2c1. The Morgan fingerprint density at radius 3 is 2.69 bits per heavy atom. The predicted octanol–water partition coefficient (Wildman–Crippen LogP) is 4.38. The van der Waals surface area contributed by atoms with Gasteiger partial charge in [-0.25, -0.2) is 4.39 Å². The van der Waals surface area contributed by atoms with Crippen molar-refractivity contribution in [3.8, 4) is 0 Å². The number of halogens is 2. The largest absolute Gasteiger partial charge is 0.368 e. The Labute approximate surface area is 157 Å². The van der Waals surface area contributed by atoms with Gasteiger partial charge in [-0.1, -0.05) is 28.9 Å². The van der Waals surface area contributed by atoms with E-state index in [4.69, 9.17) is 16.1 Å². The summed E-state index contributed by atoms with van der Waals surface area (Å²) in [5, 5.41) is 5.82. The maximum Gasteiger partial charge on any atom is 0.170 e. The van der Waals surface area contributed by atoms with Crippen molar-refractivity contribution in [2.24, 2.45) is 0 Å². The van der Waals surface area contributed by atoms with E-state index < -0.39 is 0 Å². The average Bonchev–Trinajstić information content (AvgIpc) is 3.05. The van der Waals surface area contributed by atoms with Gasteiger partial charge in [0.05, 0.1) is 16.4 Å². The Hall–Kier alpha value is -2.11. The summed E-state index contributed by atoms with van der Waals surface area (Å²) in [7, 11) is 0. The summed E-state index contributed by atoms with van der Waals surface area (Å²) in [4.78, 5) is 4.81. The van der Waals surface area contributed by atoms with Crippen LogP contribution in [0.1, 0.15) is 12.1 Å². The second-order valence-electron chi connectivity index (χ2n) is 6.65. The van der Waals surface area contributed by atoms with Crippen molar-refractivity contribution in [1.82, 2.24) is 10.1 Å². The van der Waals surface area contributed by atoms with Crippen LogP contribution < -0.4 is 4.90 Å². The molecule has 3 aromatic rings. The fourth-order valence-electron chi connectivity index (χ4n) is 3.53. The molecule has 4 rings (SSSR count). The average molecular weight is 374 g/mol. The van der Waals surface area contributed by atoms with E-state index in [1.165, 1.54) is 12.1 Å². The molecular weight excluding hydrogens is 353 g/mol. The predicted molar refractivity (Wildman–Crippen MR) is 102 cm³/mol. The van der Waals surface area contributed by atoms with E-state index in [0.29, 0.717) is 5.58 Å². The zero-order valence-electron chi connectivity index (χ0n) is 14.5. The smallest absolute Gasteiger partial charge is 0.170 e. The van der Waals surface area contributed by atoms with Crippen LogP contribution in [0.3, 0.4) is 0 Å². The van der Waals surface area contributed by atoms with E-state index >= 15 is 0 Å². The Kier molecular flexibility index (Phi) is 5.09. The third-order valence-electron chi connectivity index (χ3n) is 4.96. The van der Waals surface area contributed by atoms with Gasteiger partial charge in [-0.15, -0.1) is 0 Å². The molecule has 2 aromatic carbocycles. The van der Waals surface area contributed by atoms with Crippen molar-refractivity contribution in [1.29, 1.82) is 0 Å². The maximum absolute atomic E-state index is 13.2. The van der Waals surface area contributed by atoms with E-state index in [2.05, 4.69) is 21.0 Å². The Balaban J connectivity index is 1.28. The molecular formula is C20H21ClFN3O. The van der Waals surface area contributed by atoms with E-state index in [-0.39, 0.29) is 5.82 Å². The molecule has 0 radical (unpaired) electrons. The number of aromatic nitrogens is 1. The van der Waals surface area contributed by atoms with Gasteiger partial charge >= 0.3 is 0 Å². The lowest BCUT2D eigenvalue weighted by atomic mass is 10.1. The van der Waals surface area contributed by atoms with Crippen LogP contribution >= 0.6 is 11.6 Å². The first kappa shape index (κ1) is 17.3. The lowest BCUT2D eigenvalue weighted by Gasteiger charge is -2.36. The summed E-state index contributed by atoms with van der Waals surface area (Å²) in [6.45, 7) is 5.03. The van der Waals surface area contributed by atoms with Crippen LogP contribution in [0.15, 0.2) is 47.0 Å². The van der Waals surface area contributed by atoms with Gasteiger partial charge in [0, 0.05) is 37.6 Å². The molecule has 1 saturated heterocycles. The fraction of sp³-hybridized carbons (Fsp3) is 0.350. The molecule has 1 aliphatic heterocycles. The van der Waals surface area contributed by atoms with Crippen molar-refractivity contribution < 1.29 is 8.91 Å². The lowest BCUT2D eigenvalue weighted by Crippen LogP contribution is -2.46. The number of anilines is 1. The minimum Gasteiger partial charge on any atom is -0.368 e. The molecule has 6 heteroatoms. The van der Waals surface area contributed by atoms with Crippen molar-refractivity contribution >= 4 is 28.3 Å². The number of rotatable bonds is 5. The van der Waals surface area contributed by atoms with Crippen molar-refractivity contribution in [3.05, 3.63) is 59.0 Å². The minimum absolute atomic E-state index is 0.295. The third-order valence-corrected chi connectivity index (χ3v) is 5.28. The molecule has 0 aliphatic carbocycles. The number of para-hydroxylation sites is 1. The second-order valence-corrected chi connectivity index (χ2v) is 7.06. The Morgan fingerprint density at radius 1 is 1.08 bits per heavy atom. The highest BCUT2D eigenvalue weighted by atomic mass is 35.5. The molecule has 0 saturated carbocycles. The molecule has 0 spiro atoms. The maximum atomic E-state index is 13.2. The van der Waals surface area contributed by atoms with E-state index in [1.807, 2.05) is 18.2 Å². The van der Waals surface area contributed by atoms with Crippen molar-refractivity contribution in [2.75, 3.05) is 37.6 Å². The first-order valence-corrected chi connectivity index (χ1v) is 9.34. The van der Waals surface area contributed by atoms with Crippen LogP contribution in [0.5, 0.6) is 0 Å². The quantitative estimate of drug-likeness (QED) is 0.664. The van der Waals surface area contributed by atoms with Crippen LogP contribution in [0.25, 0.3) is 11.0 Å². The van der Waals surface area contributed by atoms with Gasteiger partial charge in [-0.3, -0.25) is 4.90 Å². The van der Waals surface area contributed by atoms with Gasteiger partial charge in [-0.2, -0.15) is 0 Å². The van der Waals surface area contributed by atoms with Gasteiger partial charge in [0.1, 0.15) is 5.82 Å². The molecule has 4 nitrogen and oxygen atoms in total. The Morgan fingerprint density at radius 2 is 1.88 bits per heavy atom. The summed E-state index contributed by atoms with van der Waals surface area (Å²) in [5.74, 6) is -0.295. The van der Waals surface area contributed by atoms with Crippen LogP contribution in [0.2, 0.25) is 5.02 Å². The highest BCUT2D eigenvalue weighted by Crippen LogP contribution is 2.26. The summed E-state index contributed by atoms with van der Waals surface area (Å²) >= 11 is 6.30. The number of hydrogen-bond donors (Lipinski definition) is 0. The molecule has 0 N–H and O–H groups in total. The molecule has 136 valence electrons. The molecule has 0 amide bonds. The summed E-state index contributed by atoms with van der Waals surface area (Å²) in [6.07, 6.45) is 1.84. The van der Waals surface area contributed by atoms with Crippen LogP contribution in [-0.4, -0.2) is 42.8 Å². The highest BCUT2D eigenvalue weighted by molar-refractivity contribution is 6.33. The van der Waals surface area contributed by atoms with Crippen LogP contribution in [-0.2, 0) is 6.42 Å². The third kappa shape index (κ3) is 3.69. The molecule has 26 heavy (non-hydrogen) atoms. The monoisotopic (exact) mass is 373 g/mol. The summed E-state index contributed by atoms with van der Waals surface area (Å²) in [5.41, 5.74) is 2.55. The molecule has 0 unspecified atom stereocenters. The number of nitrogens with zero attached hydrogens (tertiary/aromatic N) is 3. The molecule has 1 aromatic heterocycles. The first-order chi connectivity index (χ1) is 12.7. The standard InChI is InChI=1S/C20H21ClFN3O/c21-17-4-1-2-6-19(17)25-12-10-24(11-13-25)9-3-5-18-16-8-7-15(22)14-20(16)26-23-18/h1-2,4,6-8,14H,3,5,9-13H2. The van der Waals surface area contributed by atoms with Gasteiger partial charge in [0.2, 0.25) is 0 Å². The summed E-state index contributed by atoms with van der Waals surface area (Å²) in [6, 6.07) is 12.6. The van der Waals surface area contributed by atoms with E-state index in [0.717, 1.165) is 67.4 Å². The lowest BCUT2D eigenvalue weighted by molar-refractivity contribution is 0.254. The number of aryl methyl sites for hydroxylation is 1. The zero-order valence-corrected chi connectivity index (χ0v) is 15.3. The van der Waals surface area contributed by atoms with E-state index in [9.17, 15) is 4.39 Å². The van der Waals surface area contributed by atoms with Gasteiger partial charge in [0.15, 0.2) is 5.58 Å². The van der Waals surface area contributed by atoms with Crippen molar-refractivity contribution in [3.63, 3.8) is 0 Å². The highest BCUT2D eigenvalue weighted by Gasteiger charge is 2.18. The molecule has 0 atom stereocenters. The minimum atomic E-state index is -0.295. The van der Waals surface area contributed by atoms with Gasteiger partial charge in [-0.05, 0) is 43.7 Å². The molecule has 2 heterocycles. The fourth-order valence-corrected chi connectivity index (χ4v) is 3.79.